The Morgan fingerprint density at radius 2 is 1.64 bits per heavy atom. The summed E-state index contributed by atoms with van der Waals surface area (Å²) in [5.41, 5.74) is 1.04. The quantitative estimate of drug-likeness (QED) is 0.574. The van der Waals surface area contributed by atoms with Gasteiger partial charge in [0.15, 0.2) is 0 Å². The van der Waals surface area contributed by atoms with Crippen LogP contribution in [0.15, 0.2) is 24.3 Å². The third kappa shape index (κ3) is 2.75. The normalized spacial score (nSPS) is 17.4. The number of para-hydroxylation sites is 1. The molecule has 1 aliphatic carbocycles. The van der Waals surface area contributed by atoms with Crippen LogP contribution in [-0.4, -0.2) is 0 Å². The first-order chi connectivity index (χ1) is 6.38. The Morgan fingerprint density at radius 3 is 2.29 bits per heavy atom. The molecule has 0 heterocycles. The molecular formula is C12H15NaO. The molecule has 0 atom stereocenters. The monoisotopic (exact) mass is 198 g/mol. The van der Waals surface area contributed by atoms with E-state index in [2.05, 4.69) is 0 Å². The van der Waals surface area contributed by atoms with E-state index in [0.717, 1.165) is 5.56 Å². The van der Waals surface area contributed by atoms with Gasteiger partial charge in [-0.1, -0.05) is 49.1 Å². The van der Waals surface area contributed by atoms with E-state index in [1.165, 1.54) is 32.1 Å². The van der Waals surface area contributed by atoms with E-state index in [0.29, 0.717) is 5.92 Å². The predicted octanol–water partition coefficient (Wildman–Crippen LogP) is -0.188. The number of hydrogen-bond donors (Lipinski definition) is 0. The zero-order chi connectivity index (χ0) is 9.10. The Labute approximate surface area is 108 Å². The first kappa shape index (κ1) is 12.1. The van der Waals surface area contributed by atoms with E-state index in [4.69, 9.17) is 0 Å². The van der Waals surface area contributed by atoms with Gasteiger partial charge >= 0.3 is 29.6 Å². The molecule has 0 radical (unpaired) electrons. The van der Waals surface area contributed by atoms with Crippen molar-refractivity contribution >= 4 is 0 Å². The first-order valence-corrected chi connectivity index (χ1v) is 5.14. The molecule has 0 N–H and O–H groups in total. The maximum atomic E-state index is 11.5. The molecule has 1 aromatic carbocycles. The molecule has 0 unspecified atom stereocenters. The summed E-state index contributed by atoms with van der Waals surface area (Å²) in [6.07, 6.45) is 6.34. The molecule has 2 heteroatoms. The van der Waals surface area contributed by atoms with Gasteiger partial charge in [-0.15, -0.1) is 5.75 Å². The minimum absolute atomic E-state index is 0. The van der Waals surface area contributed by atoms with Crippen LogP contribution in [0.3, 0.4) is 0 Å². The van der Waals surface area contributed by atoms with Crippen molar-refractivity contribution in [1.82, 2.24) is 0 Å². The molecule has 1 fully saturated rings. The van der Waals surface area contributed by atoms with Gasteiger partial charge in [-0.05, 0) is 18.8 Å². The van der Waals surface area contributed by atoms with Crippen molar-refractivity contribution in [1.29, 1.82) is 0 Å². The molecule has 0 spiro atoms. The van der Waals surface area contributed by atoms with Crippen molar-refractivity contribution in [3.8, 4) is 5.75 Å². The molecule has 0 aliphatic heterocycles. The average Bonchev–Trinajstić information content (AvgIpc) is 2.20. The summed E-state index contributed by atoms with van der Waals surface area (Å²) in [5.74, 6) is 0.775. The molecule has 0 bridgehead atoms. The van der Waals surface area contributed by atoms with Crippen molar-refractivity contribution in [2.45, 2.75) is 38.0 Å². The van der Waals surface area contributed by atoms with Crippen LogP contribution in [-0.2, 0) is 0 Å². The van der Waals surface area contributed by atoms with Gasteiger partial charge in [0.2, 0.25) is 0 Å². The van der Waals surface area contributed by atoms with E-state index in [1.807, 2.05) is 18.2 Å². The third-order valence-electron chi connectivity index (χ3n) is 2.96. The minimum Gasteiger partial charge on any atom is -0.872 e. The molecule has 14 heavy (non-hydrogen) atoms. The molecule has 0 aromatic heterocycles. The fourth-order valence-electron chi connectivity index (χ4n) is 2.23. The van der Waals surface area contributed by atoms with Crippen LogP contribution in [0.5, 0.6) is 5.75 Å². The Kier molecular flexibility index (Phi) is 5.00. The van der Waals surface area contributed by atoms with Crippen LogP contribution in [0.25, 0.3) is 0 Å². The Balaban J connectivity index is 0.000000980. The fraction of sp³-hybridized carbons (Fsp3) is 0.500. The molecule has 1 saturated carbocycles. The largest absolute Gasteiger partial charge is 1.00 e. The first-order valence-electron chi connectivity index (χ1n) is 5.14. The summed E-state index contributed by atoms with van der Waals surface area (Å²) in [5, 5.41) is 11.5. The summed E-state index contributed by atoms with van der Waals surface area (Å²) >= 11 is 0. The van der Waals surface area contributed by atoms with Crippen LogP contribution < -0.4 is 34.7 Å². The van der Waals surface area contributed by atoms with Gasteiger partial charge in [0, 0.05) is 0 Å². The van der Waals surface area contributed by atoms with Crippen LogP contribution in [0.4, 0.5) is 0 Å². The van der Waals surface area contributed by atoms with Gasteiger partial charge in [0.05, 0.1) is 0 Å². The second-order valence-corrected chi connectivity index (χ2v) is 3.87. The van der Waals surface area contributed by atoms with Gasteiger partial charge in [0.25, 0.3) is 0 Å². The summed E-state index contributed by atoms with van der Waals surface area (Å²) < 4.78 is 0. The van der Waals surface area contributed by atoms with E-state index in [-0.39, 0.29) is 35.3 Å². The second kappa shape index (κ2) is 5.79. The van der Waals surface area contributed by atoms with E-state index in [9.17, 15) is 5.11 Å². The molecule has 70 valence electrons. The molecule has 0 saturated heterocycles. The van der Waals surface area contributed by atoms with Gasteiger partial charge in [0.1, 0.15) is 0 Å². The van der Waals surface area contributed by atoms with Crippen molar-refractivity contribution in [3.63, 3.8) is 0 Å². The Bertz CT molecular complexity index is 279. The Morgan fingerprint density at radius 1 is 1.00 bits per heavy atom. The smallest absolute Gasteiger partial charge is 0.872 e. The molecule has 0 amide bonds. The molecule has 1 aromatic rings. The molecule has 2 rings (SSSR count). The van der Waals surface area contributed by atoms with Crippen LogP contribution in [0.1, 0.15) is 43.6 Å². The van der Waals surface area contributed by atoms with Crippen molar-refractivity contribution < 1.29 is 34.7 Å². The summed E-state index contributed by atoms with van der Waals surface area (Å²) in [6, 6.07) is 7.49. The van der Waals surface area contributed by atoms with Crippen molar-refractivity contribution in [2.75, 3.05) is 0 Å². The van der Waals surface area contributed by atoms with Crippen molar-refractivity contribution in [2.24, 2.45) is 0 Å². The predicted molar refractivity (Wildman–Crippen MR) is 51.7 cm³/mol. The number of benzene rings is 1. The summed E-state index contributed by atoms with van der Waals surface area (Å²) in [6.45, 7) is 0. The van der Waals surface area contributed by atoms with E-state index < -0.39 is 0 Å². The maximum absolute atomic E-state index is 11.5. The molecule has 1 nitrogen and oxygen atoms in total. The maximum Gasteiger partial charge on any atom is 1.00 e. The SMILES string of the molecule is [Na+].[O-]c1ccccc1C1CCCCC1. The number of rotatable bonds is 1. The van der Waals surface area contributed by atoms with Gasteiger partial charge < -0.3 is 5.11 Å². The zero-order valence-electron chi connectivity index (χ0n) is 8.83. The van der Waals surface area contributed by atoms with Crippen LogP contribution in [0, 0.1) is 0 Å². The standard InChI is InChI=1S/C12H16O.Na/c13-12-9-5-4-8-11(12)10-6-2-1-3-7-10;/h4-5,8-10,13H,1-3,6-7H2;/q;+1/p-1. The topological polar surface area (TPSA) is 23.1 Å². The summed E-state index contributed by atoms with van der Waals surface area (Å²) in [4.78, 5) is 0. The summed E-state index contributed by atoms with van der Waals surface area (Å²) in [7, 11) is 0. The third-order valence-corrected chi connectivity index (χ3v) is 2.96. The average molecular weight is 198 g/mol. The molecule has 1 aliphatic rings. The van der Waals surface area contributed by atoms with Gasteiger partial charge in [-0.25, -0.2) is 0 Å². The zero-order valence-corrected chi connectivity index (χ0v) is 10.8. The van der Waals surface area contributed by atoms with E-state index in [1.54, 1.807) is 6.07 Å². The minimum atomic E-state index is 0. The Hall–Kier alpha value is 0.0200. The van der Waals surface area contributed by atoms with Crippen LogP contribution in [0.2, 0.25) is 0 Å². The molecular weight excluding hydrogens is 183 g/mol. The van der Waals surface area contributed by atoms with Crippen molar-refractivity contribution in [3.05, 3.63) is 29.8 Å². The fourth-order valence-corrected chi connectivity index (χ4v) is 2.23. The van der Waals surface area contributed by atoms with Gasteiger partial charge in [-0.3, -0.25) is 0 Å². The van der Waals surface area contributed by atoms with Crippen LogP contribution >= 0.6 is 0 Å². The number of hydrogen-bond acceptors (Lipinski definition) is 1. The van der Waals surface area contributed by atoms with E-state index >= 15 is 0 Å². The second-order valence-electron chi connectivity index (χ2n) is 3.87. The van der Waals surface area contributed by atoms with Gasteiger partial charge in [-0.2, -0.15) is 0 Å².